The van der Waals surface area contributed by atoms with E-state index in [0.717, 1.165) is 0 Å². The third kappa shape index (κ3) is 4.50. The molecule has 3 aromatic rings. The van der Waals surface area contributed by atoms with Crippen LogP contribution in [0.15, 0.2) is 62.6 Å². The highest BCUT2D eigenvalue weighted by atomic mass is 79.9. The first-order chi connectivity index (χ1) is 13.0. The molecule has 27 heavy (non-hydrogen) atoms. The largest absolute Gasteiger partial charge is 0.506 e. The second-order valence-electron chi connectivity index (χ2n) is 5.40. The Morgan fingerprint density at radius 2 is 2.15 bits per heavy atom. The van der Waals surface area contributed by atoms with Gasteiger partial charge in [0.1, 0.15) is 11.5 Å². The SMILES string of the molecule is COc1cc(N=Cc2cc(Cl)cc(Br)c2O)ccc1NC(=O)c1ccco1. The van der Waals surface area contributed by atoms with Gasteiger partial charge in [0.2, 0.25) is 0 Å². The van der Waals surface area contributed by atoms with E-state index in [1.54, 1.807) is 42.5 Å². The van der Waals surface area contributed by atoms with Gasteiger partial charge >= 0.3 is 0 Å². The van der Waals surface area contributed by atoms with E-state index in [2.05, 4.69) is 26.2 Å². The van der Waals surface area contributed by atoms with Gasteiger partial charge in [0.05, 0.1) is 29.2 Å². The zero-order valence-corrected chi connectivity index (χ0v) is 16.4. The normalized spacial score (nSPS) is 10.9. The third-order valence-corrected chi connectivity index (χ3v) is 4.41. The highest BCUT2D eigenvalue weighted by molar-refractivity contribution is 9.10. The fourth-order valence-corrected chi connectivity index (χ4v) is 3.12. The van der Waals surface area contributed by atoms with Crippen molar-refractivity contribution in [2.45, 2.75) is 0 Å². The number of halogens is 2. The lowest BCUT2D eigenvalue weighted by Crippen LogP contribution is -2.11. The van der Waals surface area contributed by atoms with Crippen molar-refractivity contribution in [1.82, 2.24) is 0 Å². The van der Waals surface area contributed by atoms with E-state index in [-0.39, 0.29) is 17.4 Å². The van der Waals surface area contributed by atoms with E-state index in [1.165, 1.54) is 19.6 Å². The van der Waals surface area contributed by atoms with Crippen LogP contribution in [-0.4, -0.2) is 24.3 Å². The van der Waals surface area contributed by atoms with Gasteiger partial charge in [0, 0.05) is 22.9 Å². The molecule has 0 radical (unpaired) electrons. The van der Waals surface area contributed by atoms with Crippen molar-refractivity contribution in [3.05, 3.63) is 69.5 Å². The number of methoxy groups -OCH3 is 1. The second-order valence-corrected chi connectivity index (χ2v) is 6.69. The van der Waals surface area contributed by atoms with Gasteiger partial charge < -0.3 is 19.6 Å². The number of amides is 1. The number of aliphatic imine (C=N–C) groups is 1. The highest BCUT2D eigenvalue weighted by Gasteiger charge is 2.12. The summed E-state index contributed by atoms with van der Waals surface area (Å²) >= 11 is 9.22. The smallest absolute Gasteiger partial charge is 0.291 e. The summed E-state index contributed by atoms with van der Waals surface area (Å²) in [6.07, 6.45) is 2.91. The number of aromatic hydroxyl groups is 1. The second kappa shape index (κ2) is 8.28. The molecule has 1 amide bonds. The lowest BCUT2D eigenvalue weighted by molar-refractivity contribution is 0.0996. The average molecular weight is 450 g/mol. The molecule has 0 aliphatic heterocycles. The fourth-order valence-electron chi connectivity index (χ4n) is 2.28. The minimum absolute atomic E-state index is 0.0393. The molecule has 6 nitrogen and oxygen atoms in total. The lowest BCUT2D eigenvalue weighted by atomic mass is 10.2. The Hall–Kier alpha value is -2.77. The fraction of sp³-hybridized carbons (Fsp3) is 0.0526. The van der Waals surface area contributed by atoms with E-state index in [0.29, 0.717) is 32.2 Å². The van der Waals surface area contributed by atoms with E-state index >= 15 is 0 Å². The number of nitrogens with one attached hydrogen (secondary N) is 1. The van der Waals surface area contributed by atoms with Gasteiger partial charge in [-0.05, 0) is 52.3 Å². The molecule has 1 heterocycles. The number of phenols is 1. The zero-order valence-electron chi connectivity index (χ0n) is 14.1. The first-order valence-electron chi connectivity index (χ1n) is 7.73. The van der Waals surface area contributed by atoms with Gasteiger partial charge in [-0.1, -0.05) is 11.6 Å². The maximum atomic E-state index is 12.1. The Labute approximate surface area is 168 Å². The lowest BCUT2D eigenvalue weighted by Gasteiger charge is -2.10. The Balaban J connectivity index is 1.83. The predicted molar refractivity (Wildman–Crippen MR) is 108 cm³/mol. The number of benzene rings is 2. The van der Waals surface area contributed by atoms with E-state index in [1.807, 2.05) is 0 Å². The Morgan fingerprint density at radius 3 is 2.85 bits per heavy atom. The molecular weight excluding hydrogens is 436 g/mol. The molecule has 0 aliphatic carbocycles. The van der Waals surface area contributed by atoms with E-state index in [4.69, 9.17) is 20.8 Å². The van der Waals surface area contributed by atoms with Crippen LogP contribution in [0.2, 0.25) is 5.02 Å². The molecular formula is C19H14BrClN2O4. The third-order valence-electron chi connectivity index (χ3n) is 3.59. The van der Waals surface area contributed by atoms with Crippen LogP contribution in [0.3, 0.4) is 0 Å². The van der Waals surface area contributed by atoms with Gasteiger partial charge in [0.25, 0.3) is 5.91 Å². The van der Waals surface area contributed by atoms with Crippen LogP contribution in [0.5, 0.6) is 11.5 Å². The summed E-state index contributed by atoms with van der Waals surface area (Å²) in [6, 6.07) is 11.4. The molecule has 0 saturated heterocycles. The number of nitrogens with zero attached hydrogens (tertiary/aromatic N) is 1. The molecule has 2 aromatic carbocycles. The maximum Gasteiger partial charge on any atom is 0.291 e. The zero-order chi connectivity index (χ0) is 19.4. The molecule has 2 N–H and O–H groups in total. The minimum atomic E-state index is -0.386. The van der Waals surface area contributed by atoms with Crippen LogP contribution >= 0.6 is 27.5 Å². The Bertz CT molecular complexity index is 1000. The number of furan rings is 1. The van der Waals surface area contributed by atoms with Crippen molar-refractivity contribution >= 4 is 51.0 Å². The quantitative estimate of drug-likeness (QED) is 0.510. The number of phenolic OH excluding ortho intramolecular Hbond substituents is 1. The highest BCUT2D eigenvalue weighted by Crippen LogP contribution is 2.32. The van der Waals surface area contributed by atoms with Crippen molar-refractivity contribution < 1.29 is 19.1 Å². The molecule has 3 rings (SSSR count). The Kier molecular flexibility index (Phi) is 5.83. The van der Waals surface area contributed by atoms with Crippen molar-refractivity contribution in [3.8, 4) is 11.5 Å². The first-order valence-corrected chi connectivity index (χ1v) is 8.90. The molecule has 0 atom stereocenters. The average Bonchev–Trinajstić information content (AvgIpc) is 3.19. The van der Waals surface area contributed by atoms with Crippen LogP contribution < -0.4 is 10.1 Å². The predicted octanol–water partition coefficient (Wildman–Crippen LogP) is 5.41. The van der Waals surface area contributed by atoms with Crippen LogP contribution in [0, 0.1) is 0 Å². The standard InChI is InChI=1S/C19H14BrClN2O4/c1-26-17-9-13(22-10-11-7-12(21)8-14(20)18(11)24)4-5-15(17)23-19(25)16-3-2-6-27-16/h2-10,24H,1H3,(H,23,25). The van der Waals surface area contributed by atoms with Crippen molar-refractivity contribution in [3.63, 3.8) is 0 Å². The van der Waals surface area contributed by atoms with Gasteiger partial charge in [-0.15, -0.1) is 0 Å². The summed E-state index contributed by atoms with van der Waals surface area (Å²) in [5, 5.41) is 13.2. The molecule has 0 bridgehead atoms. The van der Waals surface area contributed by atoms with Crippen LogP contribution in [0.25, 0.3) is 0 Å². The van der Waals surface area contributed by atoms with Gasteiger partial charge in [0.15, 0.2) is 5.76 Å². The number of rotatable bonds is 5. The monoisotopic (exact) mass is 448 g/mol. The van der Waals surface area contributed by atoms with Gasteiger partial charge in [-0.25, -0.2) is 0 Å². The molecule has 0 aliphatic rings. The van der Waals surface area contributed by atoms with Crippen LogP contribution in [0.1, 0.15) is 16.1 Å². The van der Waals surface area contributed by atoms with Crippen molar-refractivity contribution in [2.75, 3.05) is 12.4 Å². The summed E-state index contributed by atoms with van der Waals surface area (Å²) in [6.45, 7) is 0. The summed E-state index contributed by atoms with van der Waals surface area (Å²) in [7, 11) is 1.49. The Morgan fingerprint density at radius 1 is 1.33 bits per heavy atom. The van der Waals surface area contributed by atoms with Crippen molar-refractivity contribution in [1.29, 1.82) is 0 Å². The number of anilines is 1. The number of ether oxygens (including phenoxy) is 1. The maximum absolute atomic E-state index is 12.1. The molecule has 0 fully saturated rings. The number of carbonyl (C=O) groups excluding carboxylic acids is 1. The minimum Gasteiger partial charge on any atom is -0.506 e. The molecule has 138 valence electrons. The summed E-state index contributed by atoms with van der Waals surface area (Å²) in [5.41, 5.74) is 1.51. The molecule has 0 spiro atoms. The molecule has 0 unspecified atom stereocenters. The summed E-state index contributed by atoms with van der Waals surface area (Å²) in [5.74, 6) is 0.280. The van der Waals surface area contributed by atoms with E-state index in [9.17, 15) is 9.90 Å². The summed E-state index contributed by atoms with van der Waals surface area (Å²) in [4.78, 5) is 16.4. The van der Waals surface area contributed by atoms with Crippen LogP contribution in [-0.2, 0) is 0 Å². The summed E-state index contributed by atoms with van der Waals surface area (Å²) < 4.78 is 10.9. The molecule has 8 heteroatoms. The topological polar surface area (TPSA) is 84.1 Å². The van der Waals surface area contributed by atoms with Gasteiger partial charge in [-0.3, -0.25) is 9.79 Å². The molecule has 0 saturated carbocycles. The first kappa shape index (κ1) is 19.0. The van der Waals surface area contributed by atoms with E-state index < -0.39 is 0 Å². The molecule has 1 aromatic heterocycles. The number of hydrogen-bond acceptors (Lipinski definition) is 5. The number of carbonyl (C=O) groups is 1. The van der Waals surface area contributed by atoms with Gasteiger partial charge in [-0.2, -0.15) is 0 Å². The van der Waals surface area contributed by atoms with Crippen LogP contribution in [0.4, 0.5) is 11.4 Å². The number of hydrogen-bond donors (Lipinski definition) is 2. The van der Waals surface area contributed by atoms with Crippen molar-refractivity contribution in [2.24, 2.45) is 4.99 Å².